The Labute approximate surface area is 114 Å². The molecule has 1 N–H and O–H groups in total. The lowest BCUT2D eigenvalue weighted by Crippen LogP contribution is -2.28. The highest BCUT2D eigenvalue weighted by atomic mass is 19.1. The Morgan fingerprint density at radius 3 is 2.74 bits per heavy atom. The number of amides is 1. The lowest BCUT2D eigenvalue weighted by Gasteiger charge is -2.09. The van der Waals surface area contributed by atoms with Crippen LogP contribution in [-0.4, -0.2) is 25.7 Å². The molecule has 0 radical (unpaired) electrons. The zero-order valence-corrected chi connectivity index (χ0v) is 11.8. The fraction of sp³-hybridized carbons (Fsp3) is 0.533. The maximum atomic E-state index is 12.9. The molecule has 1 aromatic carbocycles. The third-order valence-electron chi connectivity index (χ3n) is 2.80. The van der Waals surface area contributed by atoms with Crippen LogP contribution in [0.25, 0.3) is 0 Å². The number of nitrogens with one attached hydrogen (secondary N) is 1. The van der Waals surface area contributed by atoms with Gasteiger partial charge in [-0.15, -0.1) is 0 Å². The maximum Gasteiger partial charge on any atom is 0.251 e. The highest BCUT2D eigenvalue weighted by Gasteiger charge is 2.08. The Morgan fingerprint density at radius 1 is 1.37 bits per heavy atom. The molecule has 0 aliphatic carbocycles. The third-order valence-corrected chi connectivity index (χ3v) is 2.80. The molecule has 19 heavy (non-hydrogen) atoms. The highest BCUT2D eigenvalue weighted by Crippen LogP contribution is 2.09. The molecule has 0 fully saturated rings. The second kappa shape index (κ2) is 7.89. The van der Waals surface area contributed by atoms with Crippen molar-refractivity contribution in [2.45, 2.75) is 27.2 Å². The van der Waals surface area contributed by atoms with E-state index in [1.807, 2.05) is 0 Å². The summed E-state index contributed by atoms with van der Waals surface area (Å²) in [6.07, 6.45) is 1.02. The van der Waals surface area contributed by atoms with Crippen molar-refractivity contribution in [2.24, 2.45) is 5.92 Å². The molecule has 3 nitrogen and oxygen atoms in total. The number of halogens is 1. The van der Waals surface area contributed by atoms with Gasteiger partial charge in [0, 0.05) is 18.7 Å². The van der Waals surface area contributed by atoms with Gasteiger partial charge >= 0.3 is 0 Å². The summed E-state index contributed by atoms with van der Waals surface area (Å²) in [6.45, 7) is 7.68. The number of rotatable bonds is 7. The van der Waals surface area contributed by atoms with E-state index in [2.05, 4.69) is 19.2 Å². The first-order valence-electron chi connectivity index (χ1n) is 6.62. The molecule has 4 heteroatoms. The maximum absolute atomic E-state index is 12.9. The zero-order chi connectivity index (χ0) is 14.3. The van der Waals surface area contributed by atoms with E-state index in [0.717, 1.165) is 6.42 Å². The van der Waals surface area contributed by atoms with E-state index in [9.17, 15) is 9.18 Å². The largest absolute Gasteiger partial charge is 0.380 e. The van der Waals surface area contributed by atoms with Gasteiger partial charge in [-0.2, -0.15) is 0 Å². The molecular weight excluding hydrogens is 245 g/mol. The van der Waals surface area contributed by atoms with E-state index in [-0.39, 0.29) is 11.7 Å². The molecule has 1 aromatic rings. The highest BCUT2D eigenvalue weighted by molar-refractivity contribution is 5.95. The first kappa shape index (κ1) is 15.6. The van der Waals surface area contributed by atoms with Crippen LogP contribution < -0.4 is 5.32 Å². The number of hydrogen-bond acceptors (Lipinski definition) is 2. The van der Waals surface area contributed by atoms with E-state index in [1.54, 1.807) is 6.92 Å². The minimum absolute atomic E-state index is 0.190. The summed E-state index contributed by atoms with van der Waals surface area (Å²) in [5.41, 5.74) is 1.14. The summed E-state index contributed by atoms with van der Waals surface area (Å²) < 4.78 is 18.3. The molecule has 0 saturated carbocycles. The smallest absolute Gasteiger partial charge is 0.251 e. The quantitative estimate of drug-likeness (QED) is 0.771. The zero-order valence-electron chi connectivity index (χ0n) is 11.8. The predicted molar refractivity (Wildman–Crippen MR) is 73.7 cm³/mol. The van der Waals surface area contributed by atoms with Gasteiger partial charge in [0.25, 0.3) is 5.91 Å². The normalized spacial score (nSPS) is 10.8. The monoisotopic (exact) mass is 267 g/mol. The Balaban J connectivity index is 2.28. The van der Waals surface area contributed by atoms with Gasteiger partial charge in [-0.05, 0) is 43.0 Å². The summed E-state index contributed by atoms with van der Waals surface area (Å²) in [5.74, 6) is 0.104. The van der Waals surface area contributed by atoms with Gasteiger partial charge in [0.15, 0.2) is 0 Å². The van der Waals surface area contributed by atoms with E-state index < -0.39 is 0 Å². The van der Waals surface area contributed by atoms with Crippen molar-refractivity contribution in [3.05, 3.63) is 35.1 Å². The molecule has 0 spiro atoms. The molecule has 0 bridgehead atoms. The third kappa shape index (κ3) is 5.83. The van der Waals surface area contributed by atoms with Crippen molar-refractivity contribution in [1.29, 1.82) is 0 Å². The van der Waals surface area contributed by atoms with E-state index in [1.165, 1.54) is 18.2 Å². The van der Waals surface area contributed by atoms with Crippen LogP contribution in [0.15, 0.2) is 18.2 Å². The van der Waals surface area contributed by atoms with Gasteiger partial charge in [-0.1, -0.05) is 13.8 Å². The minimum Gasteiger partial charge on any atom is -0.380 e. The van der Waals surface area contributed by atoms with Gasteiger partial charge in [-0.25, -0.2) is 4.39 Å². The number of hydrogen-bond donors (Lipinski definition) is 1. The molecule has 0 atom stereocenters. The van der Waals surface area contributed by atoms with Crippen LogP contribution in [0.1, 0.15) is 36.2 Å². The fourth-order valence-corrected chi connectivity index (χ4v) is 1.63. The summed E-state index contributed by atoms with van der Waals surface area (Å²) in [7, 11) is 0. The number of carbonyl (C=O) groups is 1. The average molecular weight is 267 g/mol. The minimum atomic E-state index is -0.328. The van der Waals surface area contributed by atoms with Crippen LogP contribution in [-0.2, 0) is 4.74 Å². The average Bonchev–Trinajstić information content (AvgIpc) is 2.32. The van der Waals surface area contributed by atoms with Crippen molar-refractivity contribution in [1.82, 2.24) is 5.32 Å². The summed E-state index contributed by atoms with van der Waals surface area (Å²) in [6, 6.07) is 4.15. The lowest BCUT2D eigenvalue weighted by atomic mass is 10.1. The molecule has 1 amide bonds. The fourth-order valence-electron chi connectivity index (χ4n) is 1.63. The summed E-state index contributed by atoms with van der Waals surface area (Å²) >= 11 is 0. The lowest BCUT2D eigenvalue weighted by molar-refractivity contribution is 0.0905. The van der Waals surface area contributed by atoms with Crippen molar-refractivity contribution >= 4 is 5.91 Å². The standard InChI is InChI=1S/C15H22FNO2/c1-11(2)6-8-19-9-7-17-15(18)14-5-4-13(16)10-12(14)3/h4-5,10-11H,6-9H2,1-3H3,(H,17,18). The predicted octanol–water partition coefficient (Wildman–Crippen LogP) is 2.93. The number of ether oxygens (including phenoxy) is 1. The van der Waals surface area contributed by atoms with Crippen molar-refractivity contribution in [2.75, 3.05) is 19.8 Å². The number of benzene rings is 1. The van der Waals surface area contributed by atoms with E-state index in [0.29, 0.717) is 36.8 Å². The van der Waals surface area contributed by atoms with E-state index in [4.69, 9.17) is 4.74 Å². The number of aryl methyl sites for hydroxylation is 1. The van der Waals surface area contributed by atoms with Gasteiger partial charge in [0.2, 0.25) is 0 Å². The topological polar surface area (TPSA) is 38.3 Å². The van der Waals surface area contributed by atoms with Crippen LogP contribution in [0.3, 0.4) is 0 Å². The molecule has 0 unspecified atom stereocenters. The van der Waals surface area contributed by atoms with Crippen molar-refractivity contribution < 1.29 is 13.9 Å². The summed E-state index contributed by atoms with van der Waals surface area (Å²) in [5, 5.41) is 2.76. The molecule has 0 saturated heterocycles. The second-order valence-electron chi connectivity index (χ2n) is 5.01. The Morgan fingerprint density at radius 2 is 2.11 bits per heavy atom. The number of carbonyl (C=O) groups excluding carboxylic acids is 1. The first-order chi connectivity index (χ1) is 9.00. The first-order valence-corrected chi connectivity index (χ1v) is 6.62. The van der Waals surface area contributed by atoms with Gasteiger partial charge in [-0.3, -0.25) is 4.79 Å². The van der Waals surface area contributed by atoms with E-state index >= 15 is 0 Å². The van der Waals surface area contributed by atoms with Crippen LogP contribution >= 0.6 is 0 Å². The van der Waals surface area contributed by atoms with Gasteiger partial charge < -0.3 is 10.1 Å². The summed E-state index contributed by atoms with van der Waals surface area (Å²) in [4.78, 5) is 11.8. The van der Waals surface area contributed by atoms with Crippen molar-refractivity contribution in [3.63, 3.8) is 0 Å². The van der Waals surface area contributed by atoms with Crippen LogP contribution in [0.2, 0.25) is 0 Å². The van der Waals surface area contributed by atoms with Gasteiger partial charge in [0.05, 0.1) is 6.61 Å². The van der Waals surface area contributed by atoms with Crippen LogP contribution in [0, 0.1) is 18.7 Å². The molecular formula is C15H22FNO2. The molecule has 1 rings (SSSR count). The molecule has 106 valence electrons. The SMILES string of the molecule is Cc1cc(F)ccc1C(=O)NCCOCCC(C)C. The van der Waals surface area contributed by atoms with Crippen LogP contribution in [0.4, 0.5) is 4.39 Å². The molecule has 0 heterocycles. The van der Waals surface area contributed by atoms with Crippen LogP contribution in [0.5, 0.6) is 0 Å². The molecule has 0 aromatic heterocycles. The molecule has 0 aliphatic heterocycles. The Bertz CT molecular complexity index is 419. The Hall–Kier alpha value is -1.42. The van der Waals surface area contributed by atoms with Gasteiger partial charge in [0.1, 0.15) is 5.82 Å². The van der Waals surface area contributed by atoms with Crippen molar-refractivity contribution in [3.8, 4) is 0 Å². The molecule has 0 aliphatic rings. The second-order valence-corrected chi connectivity index (χ2v) is 5.01. The Kier molecular flexibility index (Phi) is 6.50.